The van der Waals surface area contributed by atoms with E-state index in [1.54, 1.807) is 36.4 Å². The number of hydrogen-bond acceptors (Lipinski definition) is 5. The molecule has 0 radical (unpaired) electrons. The summed E-state index contributed by atoms with van der Waals surface area (Å²) in [7, 11) is -3.93. The van der Waals surface area contributed by atoms with E-state index in [1.807, 2.05) is 0 Å². The maximum atomic E-state index is 13.3. The second-order valence-electron chi connectivity index (χ2n) is 6.71. The summed E-state index contributed by atoms with van der Waals surface area (Å²) in [4.78, 5) is 17.4. The third-order valence-corrected chi connectivity index (χ3v) is 6.62. The monoisotopic (exact) mass is 384 g/mol. The van der Waals surface area contributed by atoms with Crippen molar-refractivity contribution in [3.8, 4) is 0 Å². The molecule has 0 amide bonds. The summed E-state index contributed by atoms with van der Waals surface area (Å²) in [5.74, 6) is 0.0320. The van der Waals surface area contributed by atoms with Gasteiger partial charge in [-0.3, -0.25) is 4.79 Å². The number of carbonyl (C=O) groups is 1. The third-order valence-electron chi connectivity index (χ3n) is 4.90. The SMILES string of the molecule is O=C(CC1CCOCC1)c1cc2cccnc2n1S(=O)(=O)c1ccccc1. The summed E-state index contributed by atoms with van der Waals surface area (Å²) in [6.45, 7) is 1.29. The van der Waals surface area contributed by atoms with Crippen LogP contribution in [0.25, 0.3) is 11.0 Å². The number of aromatic nitrogens is 2. The van der Waals surface area contributed by atoms with E-state index in [0.717, 1.165) is 16.8 Å². The predicted octanol–water partition coefficient (Wildman–Crippen LogP) is 3.27. The van der Waals surface area contributed by atoms with Crippen molar-refractivity contribution < 1.29 is 17.9 Å². The molecule has 1 aromatic carbocycles. The maximum absolute atomic E-state index is 13.3. The average Bonchev–Trinajstić information content (AvgIpc) is 3.10. The normalized spacial score (nSPS) is 15.9. The molecule has 6 nitrogen and oxygen atoms in total. The highest BCUT2D eigenvalue weighted by atomic mass is 32.2. The molecule has 0 N–H and O–H groups in total. The van der Waals surface area contributed by atoms with Gasteiger partial charge in [0.1, 0.15) is 5.69 Å². The summed E-state index contributed by atoms with van der Waals surface area (Å²) < 4.78 is 33.0. The fourth-order valence-electron chi connectivity index (χ4n) is 3.46. The first-order valence-electron chi connectivity index (χ1n) is 8.95. The fraction of sp³-hybridized carbons (Fsp3) is 0.300. The summed E-state index contributed by atoms with van der Waals surface area (Å²) >= 11 is 0. The van der Waals surface area contributed by atoms with Crippen LogP contribution in [0.3, 0.4) is 0 Å². The average molecular weight is 384 g/mol. The molecule has 0 aliphatic carbocycles. The second kappa shape index (κ2) is 7.25. The van der Waals surface area contributed by atoms with Crippen LogP contribution in [0.5, 0.6) is 0 Å². The molecule has 3 heterocycles. The molecule has 2 aromatic heterocycles. The molecular weight excluding hydrogens is 364 g/mol. The number of ketones is 1. The van der Waals surface area contributed by atoms with E-state index in [-0.39, 0.29) is 27.9 Å². The number of rotatable bonds is 5. The highest BCUT2D eigenvalue weighted by Crippen LogP contribution is 2.27. The zero-order chi connectivity index (χ0) is 18.9. The number of pyridine rings is 1. The smallest absolute Gasteiger partial charge is 0.270 e. The quantitative estimate of drug-likeness (QED) is 0.631. The van der Waals surface area contributed by atoms with Gasteiger partial charge in [-0.15, -0.1) is 0 Å². The number of nitrogens with zero attached hydrogens (tertiary/aromatic N) is 2. The van der Waals surface area contributed by atoms with Gasteiger partial charge in [0.25, 0.3) is 10.0 Å². The number of benzene rings is 1. The zero-order valence-electron chi connectivity index (χ0n) is 14.7. The molecule has 3 aromatic rings. The minimum atomic E-state index is -3.93. The van der Waals surface area contributed by atoms with Gasteiger partial charge in [0.2, 0.25) is 0 Å². The van der Waals surface area contributed by atoms with E-state index < -0.39 is 10.0 Å². The number of fused-ring (bicyclic) bond motifs is 1. The van der Waals surface area contributed by atoms with E-state index in [2.05, 4.69) is 4.98 Å². The summed E-state index contributed by atoms with van der Waals surface area (Å²) in [5.41, 5.74) is 0.440. The summed E-state index contributed by atoms with van der Waals surface area (Å²) in [6.07, 6.45) is 3.47. The van der Waals surface area contributed by atoms with Gasteiger partial charge in [0, 0.05) is 31.2 Å². The summed E-state index contributed by atoms with van der Waals surface area (Å²) in [5, 5.41) is 0.632. The molecule has 1 aliphatic rings. The predicted molar refractivity (Wildman–Crippen MR) is 101 cm³/mol. The first-order valence-corrected chi connectivity index (χ1v) is 10.4. The van der Waals surface area contributed by atoms with Gasteiger partial charge in [0.15, 0.2) is 11.4 Å². The molecule has 1 aliphatic heterocycles. The zero-order valence-corrected chi connectivity index (χ0v) is 15.6. The second-order valence-corrected chi connectivity index (χ2v) is 8.50. The molecule has 0 atom stereocenters. The third kappa shape index (κ3) is 3.40. The summed E-state index contributed by atoms with van der Waals surface area (Å²) in [6, 6.07) is 13.3. The molecule has 1 fully saturated rings. The minimum absolute atomic E-state index is 0.133. The van der Waals surface area contributed by atoms with Crippen molar-refractivity contribution in [3.05, 3.63) is 60.4 Å². The Hall–Kier alpha value is -2.51. The molecular formula is C20H20N2O4S. The van der Waals surface area contributed by atoms with Crippen molar-refractivity contribution in [2.24, 2.45) is 5.92 Å². The van der Waals surface area contributed by atoms with Gasteiger partial charge in [-0.25, -0.2) is 17.4 Å². The Morgan fingerprint density at radius 3 is 2.59 bits per heavy atom. The lowest BCUT2D eigenvalue weighted by Crippen LogP contribution is -2.22. The van der Waals surface area contributed by atoms with Crippen LogP contribution in [0.4, 0.5) is 0 Å². The number of carbonyl (C=O) groups excluding carboxylic acids is 1. The standard InChI is InChI=1S/C20H20N2O4S/c23-19(13-15-8-11-26-12-9-15)18-14-16-5-4-10-21-20(16)22(18)27(24,25)17-6-2-1-3-7-17/h1-7,10,14-15H,8-9,11-13H2. The lowest BCUT2D eigenvalue weighted by molar-refractivity contribution is 0.0599. The Kier molecular flexibility index (Phi) is 4.80. The molecule has 0 saturated carbocycles. The molecule has 27 heavy (non-hydrogen) atoms. The van der Waals surface area contributed by atoms with E-state index in [4.69, 9.17) is 4.74 Å². The molecule has 0 unspecified atom stereocenters. The van der Waals surface area contributed by atoms with E-state index in [9.17, 15) is 13.2 Å². The van der Waals surface area contributed by atoms with Gasteiger partial charge in [-0.05, 0) is 49.1 Å². The lowest BCUT2D eigenvalue weighted by atomic mass is 9.93. The van der Waals surface area contributed by atoms with Gasteiger partial charge >= 0.3 is 0 Å². The van der Waals surface area contributed by atoms with Crippen molar-refractivity contribution in [2.45, 2.75) is 24.2 Å². The van der Waals surface area contributed by atoms with Gasteiger partial charge < -0.3 is 4.74 Å². The van der Waals surface area contributed by atoms with Crippen LogP contribution in [0.15, 0.2) is 59.6 Å². The van der Waals surface area contributed by atoms with E-state index in [1.165, 1.54) is 18.3 Å². The van der Waals surface area contributed by atoms with E-state index >= 15 is 0 Å². The highest BCUT2D eigenvalue weighted by molar-refractivity contribution is 7.90. The first kappa shape index (κ1) is 17.9. The van der Waals surface area contributed by atoms with Crippen molar-refractivity contribution in [1.29, 1.82) is 0 Å². The Balaban J connectivity index is 1.81. The number of hydrogen-bond donors (Lipinski definition) is 0. The van der Waals surface area contributed by atoms with Crippen LogP contribution in [-0.4, -0.2) is 36.4 Å². The van der Waals surface area contributed by atoms with Crippen molar-refractivity contribution >= 4 is 26.8 Å². The minimum Gasteiger partial charge on any atom is -0.381 e. The Labute approximate surface area is 157 Å². The van der Waals surface area contributed by atoms with Crippen LogP contribution in [0.1, 0.15) is 29.8 Å². The van der Waals surface area contributed by atoms with Crippen LogP contribution in [-0.2, 0) is 14.8 Å². The van der Waals surface area contributed by atoms with Crippen molar-refractivity contribution in [1.82, 2.24) is 8.96 Å². The Morgan fingerprint density at radius 2 is 1.85 bits per heavy atom. The molecule has 0 bridgehead atoms. The molecule has 140 valence electrons. The van der Waals surface area contributed by atoms with Gasteiger partial charge in [0.05, 0.1) is 4.90 Å². The highest BCUT2D eigenvalue weighted by Gasteiger charge is 2.28. The number of Topliss-reactive ketones (excluding diaryl/α,β-unsaturated/α-hetero) is 1. The van der Waals surface area contributed by atoms with Crippen molar-refractivity contribution in [2.75, 3.05) is 13.2 Å². The maximum Gasteiger partial charge on any atom is 0.270 e. The molecule has 7 heteroatoms. The van der Waals surface area contributed by atoms with Crippen molar-refractivity contribution in [3.63, 3.8) is 0 Å². The number of ether oxygens (including phenoxy) is 1. The first-order chi connectivity index (χ1) is 13.1. The molecule has 4 rings (SSSR count). The molecule has 0 spiro atoms. The Morgan fingerprint density at radius 1 is 1.11 bits per heavy atom. The largest absolute Gasteiger partial charge is 0.381 e. The van der Waals surface area contributed by atoms with Crippen LogP contribution in [0, 0.1) is 5.92 Å². The molecule has 1 saturated heterocycles. The van der Waals surface area contributed by atoms with E-state index in [0.29, 0.717) is 25.0 Å². The fourth-order valence-corrected chi connectivity index (χ4v) is 4.97. The van der Waals surface area contributed by atoms with Crippen LogP contribution < -0.4 is 0 Å². The van der Waals surface area contributed by atoms with Gasteiger partial charge in [-0.2, -0.15) is 0 Å². The van der Waals surface area contributed by atoms with Gasteiger partial charge in [-0.1, -0.05) is 18.2 Å². The van der Waals surface area contributed by atoms with Crippen LogP contribution >= 0.6 is 0 Å². The van der Waals surface area contributed by atoms with Crippen LogP contribution in [0.2, 0.25) is 0 Å². The Bertz CT molecular complexity index is 1070. The topological polar surface area (TPSA) is 78.3 Å². The lowest BCUT2D eigenvalue weighted by Gasteiger charge is -2.21.